The van der Waals surface area contributed by atoms with Crippen LogP contribution in [0.2, 0.25) is 0 Å². The second-order valence-corrected chi connectivity index (χ2v) is 8.96. The first-order valence-corrected chi connectivity index (χ1v) is 11.7. The van der Waals surface area contributed by atoms with Gasteiger partial charge in [0.05, 0.1) is 18.6 Å². The number of aliphatic imine (C=N–C) groups is 1. The van der Waals surface area contributed by atoms with Gasteiger partial charge in [-0.2, -0.15) is 0 Å². The summed E-state index contributed by atoms with van der Waals surface area (Å²) in [5, 5.41) is 0.421. The standard InChI is InChI=1S/C25H25N3O4S/c1-16-11-17(2)13-19(12-16)28-24(31)21(14-18-6-8-20(32-3)9-7-18)26-25(28)33-15-23(30)27-10-4-5-22(27)29/h6-9,11-14H,4-5,10,15H2,1-3H3/b21-14+. The number of nitrogens with zero attached hydrogens (tertiary/aromatic N) is 3. The minimum Gasteiger partial charge on any atom is -0.497 e. The molecule has 0 N–H and O–H groups in total. The average Bonchev–Trinajstić information content (AvgIpc) is 3.35. The van der Waals surface area contributed by atoms with Crippen molar-refractivity contribution in [2.45, 2.75) is 26.7 Å². The normalized spacial score (nSPS) is 17.2. The molecular formula is C25H25N3O4S. The molecular weight excluding hydrogens is 438 g/mol. The van der Waals surface area contributed by atoms with Gasteiger partial charge in [0.1, 0.15) is 11.4 Å². The Morgan fingerprint density at radius 1 is 1.12 bits per heavy atom. The maximum atomic E-state index is 13.4. The number of anilines is 1. The van der Waals surface area contributed by atoms with Gasteiger partial charge in [-0.05, 0) is 67.3 Å². The van der Waals surface area contributed by atoms with Crippen LogP contribution in [0.1, 0.15) is 29.5 Å². The number of aryl methyl sites for hydroxylation is 2. The number of likely N-dealkylation sites (tertiary alicyclic amines) is 1. The lowest BCUT2D eigenvalue weighted by Crippen LogP contribution is -2.35. The molecule has 2 aliphatic rings. The smallest absolute Gasteiger partial charge is 0.283 e. The predicted octanol–water partition coefficient (Wildman–Crippen LogP) is 3.94. The third-order valence-electron chi connectivity index (χ3n) is 5.41. The highest BCUT2D eigenvalue weighted by atomic mass is 32.2. The zero-order chi connectivity index (χ0) is 23.5. The van der Waals surface area contributed by atoms with Crippen LogP contribution in [0.3, 0.4) is 0 Å². The molecule has 0 bridgehead atoms. The maximum absolute atomic E-state index is 13.4. The molecule has 8 heteroatoms. The number of rotatable bonds is 5. The topological polar surface area (TPSA) is 79.3 Å². The van der Waals surface area contributed by atoms with Crippen LogP contribution in [0.5, 0.6) is 5.75 Å². The van der Waals surface area contributed by atoms with Crippen molar-refractivity contribution in [1.29, 1.82) is 0 Å². The number of hydrogen-bond acceptors (Lipinski definition) is 6. The summed E-state index contributed by atoms with van der Waals surface area (Å²) >= 11 is 1.17. The van der Waals surface area contributed by atoms with Crippen molar-refractivity contribution in [3.63, 3.8) is 0 Å². The molecule has 0 spiro atoms. The van der Waals surface area contributed by atoms with Gasteiger partial charge in [-0.1, -0.05) is 30.0 Å². The van der Waals surface area contributed by atoms with Gasteiger partial charge in [-0.25, -0.2) is 4.99 Å². The Morgan fingerprint density at radius 3 is 2.42 bits per heavy atom. The van der Waals surface area contributed by atoms with E-state index in [4.69, 9.17) is 4.74 Å². The lowest BCUT2D eigenvalue weighted by Gasteiger charge is -2.20. The molecule has 2 heterocycles. The van der Waals surface area contributed by atoms with Gasteiger partial charge in [0.25, 0.3) is 5.91 Å². The van der Waals surface area contributed by atoms with Crippen molar-refractivity contribution in [2.75, 3.05) is 24.3 Å². The Morgan fingerprint density at radius 2 is 1.82 bits per heavy atom. The van der Waals surface area contributed by atoms with Crippen molar-refractivity contribution in [2.24, 2.45) is 4.99 Å². The van der Waals surface area contributed by atoms with Gasteiger partial charge in [0.15, 0.2) is 5.17 Å². The van der Waals surface area contributed by atoms with Crippen molar-refractivity contribution >= 4 is 46.4 Å². The van der Waals surface area contributed by atoms with E-state index < -0.39 is 0 Å². The second kappa shape index (κ2) is 9.62. The Bertz CT molecular complexity index is 1150. The number of ether oxygens (including phenoxy) is 1. The fraction of sp³-hybridized carbons (Fsp3) is 0.280. The van der Waals surface area contributed by atoms with E-state index in [0.29, 0.717) is 30.2 Å². The van der Waals surface area contributed by atoms with Crippen molar-refractivity contribution in [1.82, 2.24) is 4.90 Å². The summed E-state index contributed by atoms with van der Waals surface area (Å²) in [4.78, 5) is 45.3. The van der Waals surface area contributed by atoms with E-state index in [1.54, 1.807) is 18.1 Å². The molecule has 0 unspecified atom stereocenters. The molecule has 7 nitrogen and oxygen atoms in total. The maximum Gasteiger partial charge on any atom is 0.283 e. The van der Waals surface area contributed by atoms with Crippen LogP contribution in [0.15, 0.2) is 53.2 Å². The molecule has 2 aromatic rings. The number of benzene rings is 2. The first-order chi connectivity index (χ1) is 15.9. The molecule has 0 aromatic heterocycles. The number of amidine groups is 1. The average molecular weight is 464 g/mol. The van der Waals surface area contributed by atoms with E-state index >= 15 is 0 Å². The number of methoxy groups -OCH3 is 1. The highest BCUT2D eigenvalue weighted by Gasteiger charge is 2.34. The van der Waals surface area contributed by atoms with E-state index in [-0.39, 0.29) is 29.2 Å². The summed E-state index contributed by atoms with van der Waals surface area (Å²) in [6.45, 7) is 4.39. The van der Waals surface area contributed by atoms with Crippen molar-refractivity contribution in [3.05, 3.63) is 64.9 Å². The largest absolute Gasteiger partial charge is 0.497 e. The molecule has 170 valence electrons. The zero-order valence-electron chi connectivity index (χ0n) is 18.8. The molecule has 0 aliphatic carbocycles. The SMILES string of the molecule is COc1ccc(/C=C2/N=C(SCC(=O)N3CCCC3=O)N(c3cc(C)cc(C)c3)C2=O)cc1. The highest BCUT2D eigenvalue weighted by Crippen LogP contribution is 2.31. The van der Waals surface area contributed by atoms with Gasteiger partial charge >= 0.3 is 0 Å². The molecule has 1 saturated heterocycles. The van der Waals surface area contributed by atoms with Crippen LogP contribution in [0, 0.1) is 13.8 Å². The Balaban J connectivity index is 1.63. The number of amides is 3. The second-order valence-electron chi connectivity index (χ2n) is 8.01. The highest BCUT2D eigenvalue weighted by molar-refractivity contribution is 8.14. The van der Waals surface area contributed by atoms with Crippen LogP contribution in [-0.4, -0.2) is 47.2 Å². The monoisotopic (exact) mass is 463 g/mol. The van der Waals surface area contributed by atoms with Gasteiger partial charge in [0.2, 0.25) is 11.8 Å². The van der Waals surface area contributed by atoms with Crippen molar-refractivity contribution in [3.8, 4) is 5.75 Å². The van der Waals surface area contributed by atoms with Crippen LogP contribution in [-0.2, 0) is 14.4 Å². The number of thioether (sulfide) groups is 1. The third-order valence-corrected chi connectivity index (χ3v) is 6.34. The summed E-state index contributed by atoms with van der Waals surface area (Å²) in [6, 6.07) is 13.2. The van der Waals surface area contributed by atoms with E-state index in [2.05, 4.69) is 4.99 Å². The molecule has 2 aliphatic heterocycles. The van der Waals surface area contributed by atoms with E-state index in [9.17, 15) is 14.4 Å². The first-order valence-electron chi connectivity index (χ1n) is 10.7. The van der Waals surface area contributed by atoms with Gasteiger partial charge in [0, 0.05) is 13.0 Å². The molecule has 4 rings (SSSR count). The molecule has 0 atom stereocenters. The number of carbonyl (C=O) groups excluding carboxylic acids is 3. The lowest BCUT2D eigenvalue weighted by atomic mass is 10.1. The summed E-state index contributed by atoms with van der Waals surface area (Å²) in [7, 11) is 1.60. The zero-order valence-corrected chi connectivity index (χ0v) is 19.6. The van der Waals surface area contributed by atoms with E-state index in [1.165, 1.54) is 16.7 Å². The van der Waals surface area contributed by atoms with Crippen LogP contribution < -0.4 is 9.64 Å². The molecule has 0 radical (unpaired) electrons. The summed E-state index contributed by atoms with van der Waals surface area (Å²) in [5.74, 6) is 0.0981. The molecule has 33 heavy (non-hydrogen) atoms. The Kier molecular flexibility index (Phi) is 6.65. The molecule has 2 aromatic carbocycles. The molecule has 3 amide bonds. The van der Waals surface area contributed by atoms with Crippen LogP contribution in [0.25, 0.3) is 6.08 Å². The predicted molar refractivity (Wildman–Crippen MR) is 130 cm³/mol. The van der Waals surface area contributed by atoms with E-state index in [0.717, 1.165) is 22.4 Å². The van der Waals surface area contributed by atoms with Crippen LogP contribution in [0.4, 0.5) is 5.69 Å². The molecule has 1 fully saturated rings. The fourth-order valence-electron chi connectivity index (χ4n) is 3.87. The van der Waals surface area contributed by atoms with Gasteiger partial charge in [-0.15, -0.1) is 0 Å². The van der Waals surface area contributed by atoms with Crippen molar-refractivity contribution < 1.29 is 19.1 Å². The number of imide groups is 1. The van der Waals surface area contributed by atoms with Gasteiger partial charge < -0.3 is 4.74 Å². The molecule has 0 saturated carbocycles. The minimum atomic E-state index is -0.261. The summed E-state index contributed by atoms with van der Waals surface area (Å²) in [6.07, 6.45) is 2.81. The Hall–Kier alpha value is -3.39. The summed E-state index contributed by atoms with van der Waals surface area (Å²) in [5.41, 5.74) is 3.84. The van der Waals surface area contributed by atoms with Crippen LogP contribution >= 0.6 is 11.8 Å². The number of hydrogen-bond donors (Lipinski definition) is 0. The van der Waals surface area contributed by atoms with Gasteiger partial charge in [-0.3, -0.25) is 24.2 Å². The minimum absolute atomic E-state index is 0.0367. The first kappa shape index (κ1) is 22.8. The van der Waals surface area contributed by atoms with E-state index in [1.807, 2.05) is 56.3 Å². The Labute approximate surface area is 197 Å². The fourth-order valence-corrected chi connectivity index (χ4v) is 4.76. The summed E-state index contributed by atoms with van der Waals surface area (Å²) < 4.78 is 5.19. The number of carbonyl (C=O) groups is 3. The lowest BCUT2D eigenvalue weighted by molar-refractivity contribution is -0.140. The third kappa shape index (κ3) is 5.01. The quantitative estimate of drug-likeness (QED) is 0.628.